The third-order valence-electron chi connectivity index (χ3n) is 2.32. The van der Waals surface area contributed by atoms with Crippen molar-refractivity contribution in [1.82, 2.24) is 5.32 Å². The first kappa shape index (κ1) is 12.8. The Morgan fingerprint density at radius 1 is 1.62 bits per heavy atom. The summed E-state index contributed by atoms with van der Waals surface area (Å²) in [5, 5.41) is 12.1. The van der Waals surface area contributed by atoms with E-state index in [1.54, 1.807) is 19.1 Å². The summed E-state index contributed by atoms with van der Waals surface area (Å²) in [7, 11) is 0. The van der Waals surface area contributed by atoms with Gasteiger partial charge in [0.1, 0.15) is 0 Å². The van der Waals surface area contributed by atoms with Gasteiger partial charge in [-0.3, -0.25) is 4.79 Å². The van der Waals surface area contributed by atoms with Crippen molar-refractivity contribution in [3.05, 3.63) is 24.2 Å². The Balaban J connectivity index is 2.42. The summed E-state index contributed by atoms with van der Waals surface area (Å²) in [6.07, 6.45) is 1.75. The molecule has 0 bridgehead atoms. The van der Waals surface area contributed by atoms with Gasteiger partial charge in [0.25, 0.3) is 5.91 Å². The van der Waals surface area contributed by atoms with Crippen molar-refractivity contribution < 1.29 is 14.3 Å². The molecule has 0 aliphatic heterocycles. The van der Waals surface area contributed by atoms with Crippen LogP contribution in [0.5, 0.6) is 0 Å². The molecule has 16 heavy (non-hydrogen) atoms. The van der Waals surface area contributed by atoms with Crippen LogP contribution in [0, 0.1) is 5.41 Å². The molecular formula is C12H19NO3. The Hall–Kier alpha value is -1.29. The van der Waals surface area contributed by atoms with E-state index in [0.717, 1.165) is 0 Å². The van der Waals surface area contributed by atoms with Crippen LogP contribution < -0.4 is 5.32 Å². The zero-order valence-electron chi connectivity index (χ0n) is 9.99. The van der Waals surface area contributed by atoms with Gasteiger partial charge in [-0.15, -0.1) is 0 Å². The second kappa shape index (κ2) is 5.16. The molecule has 0 fully saturated rings. The van der Waals surface area contributed by atoms with Crippen LogP contribution in [-0.4, -0.2) is 23.7 Å². The lowest BCUT2D eigenvalue weighted by Gasteiger charge is -2.26. The second-order valence-electron chi connectivity index (χ2n) is 4.88. The average Bonchev–Trinajstić information content (AvgIpc) is 2.64. The zero-order valence-corrected chi connectivity index (χ0v) is 9.99. The average molecular weight is 225 g/mol. The normalized spacial score (nSPS) is 13.5. The van der Waals surface area contributed by atoms with Crippen molar-refractivity contribution in [3.8, 4) is 0 Å². The van der Waals surface area contributed by atoms with Crippen LogP contribution in [0.2, 0.25) is 0 Å². The maximum Gasteiger partial charge on any atom is 0.286 e. The van der Waals surface area contributed by atoms with Crippen LogP contribution in [0.25, 0.3) is 0 Å². The van der Waals surface area contributed by atoms with E-state index in [9.17, 15) is 9.90 Å². The number of aliphatic hydroxyl groups excluding tert-OH is 1. The largest absolute Gasteiger partial charge is 0.459 e. The lowest BCUT2D eigenvalue weighted by molar-refractivity contribution is 0.0876. The van der Waals surface area contributed by atoms with Crippen molar-refractivity contribution in [2.45, 2.75) is 33.3 Å². The highest BCUT2D eigenvalue weighted by Crippen LogP contribution is 2.21. The minimum absolute atomic E-state index is 0.129. The zero-order chi connectivity index (χ0) is 12.2. The highest BCUT2D eigenvalue weighted by atomic mass is 16.3. The Kier molecular flexibility index (Phi) is 4.12. The minimum Gasteiger partial charge on any atom is -0.459 e. The van der Waals surface area contributed by atoms with Crippen molar-refractivity contribution in [3.63, 3.8) is 0 Å². The smallest absolute Gasteiger partial charge is 0.286 e. The molecule has 4 nitrogen and oxygen atoms in total. The summed E-state index contributed by atoms with van der Waals surface area (Å²) in [5.74, 6) is 0.0940. The molecule has 1 aromatic rings. The Morgan fingerprint density at radius 3 is 2.81 bits per heavy atom. The third-order valence-corrected chi connectivity index (χ3v) is 2.32. The minimum atomic E-state index is -0.365. The van der Waals surface area contributed by atoms with Gasteiger partial charge in [-0.25, -0.2) is 0 Å². The molecule has 0 saturated heterocycles. The molecule has 0 aliphatic carbocycles. The number of rotatable bonds is 5. The van der Waals surface area contributed by atoms with Gasteiger partial charge in [-0.2, -0.15) is 0 Å². The molecule has 2 N–H and O–H groups in total. The van der Waals surface area contributed by atoms with Crippen LogP contribution in [0.4, 0.5) is 0 Å². The first-order valence-electron chi connectivity index (χ1n) is 5.40. The van der Waals surface area contributed by atoms with Gasteiger partial charge in [0, 0.05) is 6.54 Å². The molecule has 0 radical (unpaired) electrons. The Morgan fingerprint density at radius 2 is 2.31 bits per heavy atom. The second-order valence-corrected chi connectivity index (χ2v) is 4.88. The molecule has 0 saturated carbocycles. The lowest BCUT2D eigenvalue weighted by atomic mass is 9.87. The summed E-state index contributed by atoms with van der Waals surface area (Å²) >= 11 is 0. The van der Waals surface area contributed by atoms with Gasteiger partial charge in [0.2, 0.25) is 0 Å². The maximum atomic E-state index is 11.6. The lowest BCUT2D eigenvalue weighted by Crippen LogP contribution is -2.35. The van der Waals surface area contributed by atoms with E-state index >= 15 is 0 Å². The number of carbonyl (C=O) groups excluding carboxylic acids is 1. The maximum absolute atomic E-state index is 11.6. The number of amides is 1. The highest BCUT2D eigenvalue weighted by Gasteiger charge is 2.21. The molecular weight excluding hydrogens is 206 g/mol. The van der Waals surface area contributed by atoms with E-state index < -0.39 is 0 Å². The molecule has 0 aliphatic rings. The fourth-order valence-electron chi connectivity index (χ4n) is 1.69. The van der Waals surface area contributed by atoms with E-state index in [0.29, 0.717) is 18.7 Å². The monoisotopic (exact) mass is 225 g/mol. The quantitative estimate of drug-likeness (QED) is 0.803. The molecule has 1 heterocycles. The Labute approximate surface area is 95.7 Å². The summed E-state index contributed by atoms with van der Waals surface area (Å²) < 4.78 is 4.98. The first-order chi connectivity index (χ1) is 7.41. The van der Waals surface area contributed by atoms with Gasteiger partial charge in [-0.05, 0) is 30.9 Å². The van der Waals surface area contributed by atoms with Crippen molar-refractivity contribution >= 4 is 5.91 Å². The summed E-state index contributed by atoms with van der Waals surface area (Å²) in [6, 6.07) is 3.30. The van der Waals surface area contributed by atoms with E-state index in [-0.39, 0.29) is 17.4 Å². The third kappa shape index (κ3) is 4.06. The molecule has 4 heteroatoms. The molecule has 1 unspecified atom stereocenters. The molecule has 1 aromatic heterocycles. The number of carbonyl (C=O) groups is 1. The predicted molar refractivity (Wildman–Crippen MR) is 61.1 cm³/mol. The van der Waals surface area contributed by atoms with Crippen LogP contribution in [0.1, 0.15) is 37.7 Å². The number of nitrogens with one attached hydrogen (secondary N) is 1. The van der Waals surface area contributed by atoms with Gasteiger partial charge in [0.15, 0.2) is 5.76 Å². The van der Waals surface area contributed by atoms with Crippen molar-refractivity contribution in [2.75, 3.05) is 6.54 Å². The van der Waals surface area contributed by atoms with Gasteiger partial charge < -0.3 is 14.8 Å². The first-order valence-corrected chi connectivity index (χ1v) is 5.40. The molecule has 1 rings (SSSR count). The molecule has 0 aromatic carbocycles. The summed E-state index contributed by atoms with van der Waals surface area (Å²) in [6.45, 7) is 6.26. The van der Waals surface area contributed by atoms with Gasteiger partial charge in [0.05, 0.1) is 12.4 Å². The number of hydrogen-bond acceptors (Lipinski definition) is 3. The molecule has 0 spiro atoms. The van der Waals surface area contributed by atoms with E-state index in [4.69, 9.17) is 4.42 Å². The standard InChI is InChI=1S/C12H19NO3/c1-9(14)7-12(2,3)8-13-11(15)10-5-4-6-16-10/h4-6,9,14H,7-8H2,1-3H3,(H,13,15). The van der Waals surface area contributed by atoms with Crippen molar-refractivity contribution in [2.24, 2.45) is 5.41 Å². The van der Waals surface area contributed by atoms with Crippen molar-refractivity contribution in [1.29, 1.82) is 0 Å². The van der Waals surface area contributed by atoms with Gasteiger partial charge >= 0.3 is 0 Å². The van der Waals surface area contributed by atoms with E-state index in [1.807, 2.05) is 13.8 Å². The molecule has 90 valence electrons. The van der Waals surface area contributed by atoms with Crippen LogP contribution in [-0.2, 0) is 0 Å². The highest BCUT2D eigenvalue weighted by molar-refractivity contribution is 5.91. The van der Waals surface area contributed by atoms with Crippen LogP contribution in [0.3, 0.4) is 0 Å². The molecule has 1 atom stereocenters. The number of aliphatic hydroxyl groups is 1. The molecule has 1 amide bonds. The number of hydrogen-bond donors (Lipinski definition) is 2. The van der Waals surface area contributed by atoms with E-state index in [1.165, 1.54) is 6.26 Å². The van der Waals surface area contributed by atoms with Crippen LogP contribution in [0.15, 0.2) is 22.8 Å². The van der Waals surface area contributed by atoms with Gasteiger partial charge in [-0.1, -0.05) is 13.8 Å². The van der Waals surface area contributed by atoms with E-state index in [2.05, 4.69) is 5.32 Å². The topological polar surface area (TPSA) is 62.5 Å². The fourth-order valence-corrected chi connectivity index (χ4v) is 1.69. The van der Waals surface area contributed by atoms with Crippen LogP contribution >= 0.6 is 0 Å². The summed E-state index contributed by atoms with van der Waals surface area (Å²) in [4.78, 5) is 11.6. The Bertz CT molecular complexity index is 328. The fraction of sp³-hybridized carbons (Fsp3) is 0.583. The summed E-state index contributed by atoms with van der Waals surface area (Å²) in [5.41, 5.74) is -0.129. The predicted octanol–water partition coefficient (Wildman–Crippen LogP) is 1.81. The SMILES string of the molecule is CC(O)CC(C)(C)CNC(=O)c1ccco1. The number of furan rings is 1.